The van der Waals surface area contributed by atoms with E-state index < -0.39 is 0 Å². The van der Waals surface area contributed by atoms with Crippen molar-refractivity contribution in [3.05, 3.63) is 58.9 Å². The lowest BCUT2D eigenvalue weighted by atomic mass is 10.1. The molecule has 2 heterocycles. The van der Waals surface area contributed by atoms with E-state index in [-0.39, 0.29) is 12.5 Å². The van der Waals surface area contributed by atoms with E-state index in [1.54, 1.807) is 17.0 Å². The third-order valence-electron chi connectivity index (χ3n) is 3.75. The van der Waals surface area contributed by atoms with Crippen LogP contribution < -0.4 is 4.90 Å². The van der Waals surface area contributed by atoms with Gasteiger partial charge in [-0.3, -0.25) is 9.79 Å². The molecule has 6 heteroatoms. The summed E-state index contributed by atoms with van der Waals surface area (Å²) in [6, 6.07) is 15.2. The molecule has 1 aromatic heterocycles. The van der Waals surface area contributed by atoms with Gasteiger partial charge >= 0.3 is 0 Å². The third kappa shape index (κ3) is 3.29. The lowest BCUT2D eigenvalue weighted by Gasteiger charge is -2.22. The zero-order valence-corrected chi connectivity index (χ0v) is 13.7. The lowest BCUT2D eigenvalue weighted by molar-refractivity contribution is -0.117. The number of aromatic nitrogens is 1. The Labute approximate surface area is 145 Å². The van der Waals surface area contributed by atoms with Gasteiger partial charge in [-0.25, -0.2) is 4.98 Å². The van der Waals surface area contributed by atoms with Gasteiger partial charge in [0.05, 0.1) is 17.5 Å². The molecule has 2 aromatic rings. The highest BCUT2D eigenvalue weighted by atomic mass is 35.5. The van der Waals surface area contributed by atoms with Crippen LogP contribution in [0.4, 0.5) is 5.69 Å². The second-order valence-corrected chi connectivity index (χ2v) is 5.73. The molecule has 0 saturated heterocycles. The minimum atomic E-state index is -0.107. The summed E-state index contributed by atoms with van der Waals surface area (Å²) in [4.78, 5) is 23.1. The van der Waals surface area contributed by atoms with Gasteiger partial charge in [-0.2, -0.15) is 5.26 Å². The molecule has 1 aliphatic heterocycles. The Hall–Kier alpha value is -2.71. The van der Waals surface area contributed by atoms with Gasteiger partial charge < -0.3 is 4.90 Å². The molecule has 0 radical (unpaired) electrons. The molecule has 1 aliphatic rings. The van der Waals surface area contributed by atoms with Gasteiger partial charge in [0, 0.05) is 18.5 Å². The van der Waals surface area contributed by atoms with Crippen molar-refractivity contribution >= 4 is 28.9 Å². The van der Waals surface area contributed by atoms with E-state index in [2.05, 4.69) is 16.0 Å². The summed E-state index contributed by atoms with van der Waals surface area (Å²) in [5, 5.41) is 9.08. The summed E-state index contributed by atoms with van der Waals surface area (Å²) in [7, 11) is 0. The number of nitrogens with zero attached hydrogens (tertiary/aromatic N) is 4. The van der Waals surface area contributed by atoms with E-state index in [1.807, 2.05) is 30.3 Å². The van der Waals surface area contributed by atoms with Crippen molar-refractivity contribution in [2.45, 2.75) is 12.8 Å². The average molecular weight is 339 g/mol. The van der Waals surface area contributed by atoms with Crippen LogP contribution in [0.3, 0.4) is 0 Å². The lowest BCUT2D eigenvalue weighted by Crippen LogP contribution is -2.33. The van der Waals surface area contributed by atoms with E-state index >= 15 is 0 Å². The highest BCUT2D eigenvalue weighted by Crippen LogP contribution is 2.27. The smallest absolute Gasteiger partial charge is 0.248 e. The van der Waals surface area contributed by atoms with Crippen LogP contribution in [0.15, 0.2) is 47.5 Å². The Bertz CT molecular complexity index is 827. The number of nitriles is 1. The van der Waals surface area contributed by atoms with Crippen molar-refractivity contribution in [2.24, 2.45) is 4.99 Å². The molecule has 0 spiro atoms. The summed E-state index contributed by atoms with van der Waals surface area (Å²) in [5.74, 6) is -0.107. The molecule has 0 fully saturated rings. The average Bonchev–Trinajstić information content (AvgIpc) is 2.73. The first-order valence-corrected chi connectivity index (χ1v) is 8.02. The Morgan fingerprint density at radius 2 is 2.00 bits per heavy atom. The second-order valence-electron chi connectivity index (χ2n) is 5.34. The van der Waals surface area contributed by atoms with Gasteiger partial charge in [0.25, 0.3) is 0 Å². The Morgan fingerprint density at radius 3 is 2.75 bits per heavy atom. The van der Waals surface area contributed by atoms with E-state index in [1.165, 1.54) is 0 Å². The number of pyridine rings is 1. The van der Waals surface area contributed by atoms with Gasteiger partial charge in [-0.1, -0.05) is 41.9 Å². The molecule has 0 aliphatic carbocycles. The number of benzene rings is 1. The zero-order valence-electron chi connectivity index (χ0n) is 12.9. The summed E-state index contributed by atoms with van der Waals surface area (Å²) >= 11 is 6.08. The summed E-state index contributed by atoms with van der Waals surface area (Å²) < 4.78 is 0. The standard InChI is InChI=1S/C18H15ClN4O/c19-15-9-8-14-18(22-15)17(13-6-2-1-3-7-13)21-12-16(24)23(14)11-5-4-10-20/h1-3,6-9H,4-5,11-12H2. The van der Waals surface area contributed by atoms with Crippen LogP contribution in [0.1, 0.15) is 24.1 Å². The quantitative estimate of drug-likeness (QED) is 0.635. The molecule has 24 heavy (non-hydrogen) atoms. The topological polar surface area (TPSA) is 69.3 Å². The number of anilines is 1. The van der Waals surface area contributed by atoms with Gasteiger partial charge in [-0.05, 0) is 18.6 Å². The second kappa shape index (κ2) is 7.24. The maximum Gasteiger partial charge on any atom is 0.248 e. The van der Waals surface area contributed by atoms with E-state index in [4.69, 9.17) is 16.9 Å². The molecule has 3 rings (SSSR count). The van der Waals surface area contributed by atoms with Crippen LogP contribution in [-0.2, 0) is 4.79 Å². The normalized spacial score (nSPS) is 13.8. The SMILES string of the molecule is N#CCCCN1C(=O)CN=C(c2ccccc2)c2nc(Cl)ccc21. The number of hydrogen-bond acceptors (Lipinski definition) is 4. The van der Waals surface area contributed by atoms with Crippen LogP contribution in [0.2, 0.25) is 5.15 Å². The number of carbonyl (C=O) groups is 1. The van der Waals surface area contributed by atoms with Crippen molar-refractivity contribution in [1.82, 2.24) is 4.98 Å². The number of unbranched alkanes of at least 4 members (excludes halogenated alkanes) is 1. The molecule has 0 bridgehead atoms. The maximum atomic E-state index is 12.5. The zero-order chi connectivity index (χ0) is 16.9. The number of amides is 1. The van der Waals surface area contributed by atoms with Crippen LogP contribution in [0.25, 0.3) is 0 Å². The number of hydrogen-bond donors (Lipinski definition) is 0. The highest BCUT2D eigenvalue weighted by Gasteiger charge is 2.26. The van der Waals surface area contributed by atoms with Crippen LogP contribution >= 0.6 is 11.6 Å². The highest BCUT2D eigenvalue weighted by molar-refractivity contribution is 6.30. The molecule has 0 N–H and O–H groups in total. The van der Waals surface area contributed by atoms with Crippen molar-refractivity contribution in [1.29, 1.82) is 5.26 Å². The summed E-state index contributed by atoms with van der Waals surface area (Å²) in [6.45, 7) is 0.505. The Balaban J connectivity index is 2.07. The summed E-state index contributed by atoms with van der Waals surface area (Å²) in [5.41, 5.74) is 2.82. The van der Waals surface area contributed by atoms with E-state index in [0.29, 0.717) is 41.6 Å². The molecule has 0 unspecified atom stereocenters. The van der Waals surface area contributed by atoms with Gasteiger partial charge in [-0.15, -0.1) is 0 Å². The molecular formula is C18H15ClN4O. The van der Waals surface area contributed by atoms with Gasteiger partial charge in [0.15, 0.2) is 0 Å². The molecule has 1 aromatic carbocycles. The number of aliphatic imine (C=N–C) groups is 1. The molecule has 1 amide bonds. The van der Waals surface area contributed by atoms with Crippen LogP contribution in [0, 0.1) is 11.3 Å². The molecule has 0 saturated carbocycles. The van der Waals surface area contributed by atoms with E-state index in [9.17, 15) is 4.79 Å². The number of carbonyl (C=O) groups excluding carboxylic acids is 1. The number of rotatable bonds is 4. The molecule has 5 nitrogen and oxygen atoms in total. The van der Waals surface area contributed by atoms with Gasteiger partial charge in [0.2, 0.25) is 5.91 Å². The number of halogens is 1. The van der Waals surface area contributed by atoms with Crippen LogP contribution in [0.5, 0.6) is 0 Å². The first-order valence-electron chi connectivity index (χ1n) is 7.65. The Morgan fingerprint density at radius 1 is 1.21 bits per heavy atom. The molecule has 120 valence electrons. The number of fused-ring (bicyclic) bond motifs is 1. The fourth-order valence-electron chi connectivity index (χ4n) is 2.65. The molecule has 0 atom stereocenters. The first-order chi connectivity index (χ1) is 11.7. The third-order valence-corrected chi connectivity index (χ3v) is 3.96. The minimum absolute atomic E-state index is 0.0464. The van der Waals surface area contributed by atoms with Gasteiger partial charge in [0.1, 0.15) is 17.4 Å². The minimum Gasteiger partial charge on any atom is -0.309 e. The van der Waals surface area contributed by atoms with Crippen LogP contribution in [-0.4, -0.2) is 29.7 Å². The largest absolute Gasteiger partial charge is 0.309 e. The van der Waals surface area contributed by atoms with Crippen molar-refractivity contribution in [2.75, 3.05) is 18.0 Å². The van der Waals surface area contributed by atoms with Crippen molar-refractivity contribution in [3.8, 4) is 6.07 Å². The maximum absolute atomic E-state index is 12.5. The first kappa shape index (κ1) is 16.2. The van der Waals surface area contributed by atoms with E-state index in [0.717, 1.165) is 5.56 Å². The Kier molecular flexibility index (Phi) is 4.88. The predicted octanol–water partition coefficient (Wildman–Crippen LogP) is 3.22. The summed E-state index contributed by atoms with van der Waals surface area (Å²) in [6.07, 6.45) is 0.998. The predicted molar refractivity (Wildman–Crippen MR) is 93.4 cm³/mol. The van der Waals surface area contributed by atoms with Crippen molar-refractivity contribution in [3.63, 3.8) is 0 Å². The molecular weight excluding hydrogens is 324 g/mol. The fourth-order valence-corrected chi connectivity index (χ4v) is 2.79. The monoisotopic (exact) mass is 338 g/mol. The van der Waals surface area contributed by atoms with Crippen molar-refractivity contribution < 1.29 is 4.79 Å². The fraction of sp³-hybridized carbons (Fsp3) is 0.222.